The van der Waals surface area contributed by atoms with Crippen molar-refractivity contribution in [3.05, 3.63) is 0 Å². The summed E-state index contributed by atoms with van der Waals surface area (Å²) in [7, 11) is 2.17. The SMILES string of the molecule is CC(C)CN(C)CC1C(N)C(C)(C)OC1(C)C. The summed E-state index contributed by atoms with van der Waals surface area (Å²) >= 11 is 0. The van der Waals surface area contributed by atoms with Crippen molar-refractivity contribution in [2.75, 3.05) is 20.1 Å². The first-order valence-corrected chi connectivity index (χ1v) is 6.70. The second-order valence-electron chi connectivity index (χ2n) is 7.06. The van der Waals surface area contributed by atoms with Crippen LogP contribution in [0.25, 0.3) is 0 Å². The number of hydrogen-bond acceptors (Lipinski definition) is 3. The topological polar surface area (TPSA) is 38.5 Å². The molecule has 2 N–H and O–H groups in total. The molecule has 3 nitrogen and oxygen atoms in total. The smallest absolute Gasteiger partial charge is 0.0788 e. The van der Waals surface area contributed by atoms with Crippen LogP contribution in [0, 0.1) is 11.8 Å². The fourth-order valence-electron chi connectivity index (χ4n) is 3.11. The van der Waals surface area contributed by atoms with E-state index >= 15 is 0 Å². The molecule has 1 aliphatic heterocycles. The molecule has 2 unspecified atom stereocenters. The minimum absolute atomic E-state index is 0.104. The summed E-state index contributed by atoms with van der Waals surface area (Å²) in [6.07, 6.45) is 0. The summed E-state index contributed by atoms with van der Waals surface area (Å²) in [5, 5.41) is 0. The summed E-state index contributed by atoms with van der Waals surface area (Å²) in [6.45, 7) is 15.1. The molecule has 0 saturated carbocycles. The number of nitrogens with two attached hydrogens (primary N) is 1. The maximum atomic E-state index is 6.36. The van der Waals surface area contributed by atoms with E-state index in [4.69, 9.17) is 10.5 Å². The zero-order valence-corrected chi connectivity index (χ0v) is 12.6. The van der Waals surface area contributed by atoms with Gasteiger partial charge in [-0.2, -0.15) is 0 Å². The Labute approximate surface area is 107 Å². The molecule has 102 valence electrons. The van der Waals surface area contributed by atoms with Gasteiger partial charge in [0.1, 0.15) is 0 Å². The van der Waals surface area contributed by atoms with E-state index in [2.05, 4.69) is 53.5 Å². The molecule has 3 heteroatoms. The Morgan fingerprint density at radius 1 is 1.18 bits per heavy atom. The molecule has 1 saturated heterocycles. The summed E-state index contributed by atoms with van der Waals surface area (Å²) in [6, 6.07) is 0.104. The highest BCUT2D eigenvalue weighted by atomic mass is 16.5. The first-order valence-electron chi connectivity index (χ1n) is 6.70. The lowest BCUT2D eigenvalue weighted by Crippen LogP contribution is -2.47. The van der Waals surface area contributed by atoms with Crippen molar-refractivity contribution in [2.24, 2.45) is 17.6 Å². The molecule has 17 heavy (non-hydrogen) atoms. The Bertz CT molecular complexity index is 261. The van der Waals surface area contributed by atoms with Crippen molar-refractivity contribution in [1.29, 1.82) is 0 Å². The van der Waals surface area contributed by atoms with E-state index in [1.165, 1.54) is 0 Å². The standard InChI is InChI=1S/C14H30N2O/c1-10(2)8-16(7)9-11-12(15)14(5,6)17-13(11,3)4/h10-12H,8-9,15H2,1-7H3. The van der Waals surface area contributed by atoms with Crippen LogP contribution in [-0.2, 0) is 4.74 Å². The molecular formula is C14H30N2O. The third kappa shape index (κ3) is 3.43. The van der Waals surface area contributed by atoms with E-state index in [0.717, 1.165) is 13.1 Å². The van der Waals surface area contributed by atoms with Crippen molar-refractivity contribution in [3.63, 3.8) is 0 Å². The Morgan fingerprint density at radius 3 is 2.06 bits per heavy atom. The highest BCUT2D eigenvalue weighted by Crippen LogP contribution is 2.41. The lowest BCUT2D eigenvalue weighted by molar-refractivity contribution is -0.0782. The van der Waals surface area contributed by atoms with Crippen LogP contribution in [0.5, 0.6) is 0 Å². The quantitative estimate of drug-likeness (QED) is 0.820. The van der Waals surface area contributed by atoms with Crippen LogP contribution in [-0.4, -0.2) is 42.3 Å². The first kappa shape index (κ1) is 14.9. The van der Waals surface area contributed by atoms with Gasteiger partial charge >= 0.3 is 0 Å². The molecular weight excluding hydrogens is 212 g/mol. The average molecular weight is 242 g/mol. The van der Waals surface area contributed by atoms with Crippen molar-refractivity contribution in [1.82, 2.24) is 4.90 Å². The Kier molecular flexibility index (Phi) is 4.28. The van der Waals surface area contributed by atoms with Gasteiger partial charge in [-0.05, 0) is 40.7 Å². The lowest BCUT2D eigenvalue weighted by atomic mass is 9.82. The van der Waals surface area contributed by atoms with Gasteiger partial charge in [0.25, 0.3) is 0 Å². The molecule has 0 bridgehead atoms. The number of hydrogen-bond donors (Lipinski definition) is 1. The van der Waals surface area contributed by atoms with E-state index in [1.807, 2.05) is 0 Å². The largest absolute Gasteiger partial charge is 0.368 e. The second kappa shape index (κ2) is 4.87. The highest BCUT2D eigenvalue weighted by molar-refractivity contribution is 5.04. The van der Waals surface area contributed by atoms with Crippen molar-refractivity contribution in [3.8, 4) is 0 Å². The van der Waals surface area contributed by atoms with Gasteiger partial charge in [0.15, 0.2) is 0 Å². The maximum Gasteiger partial charge on any atom is 0.0788 e. The van der Waals surface area contributed by atoms with Gasteiger partial charge in [0, 0.05) is 25.0 Å². The monoisotopic (exact) mass is 242 g/mol. The fourth-order valence-corrected chi connectivity index (χ4v) is 3.11. The van der Waals surface area contributed by atoms with E-state index in [1.54, 1.807) is 0 Å². The first-order chi connectivity index (χ1) is 7.56. The third-order valence-electron chi connectivity index (χ3n) is 3.84. The van der Waals surface area contributed by atoms with E-state index < -0.39 is 0 Å². The molecule has 0 aromatic heterocycles. The van der Waals surface area contributed by atoms with Crippen LogP contribution in [0.4, 0.5) is 0 Å². The number of ether oxygens (including phenoxy) is 1. The van der Waals surface area contributed by atoms with Crippen LogP contribution in [0.3, 0.4) is 0 Å². The lowest BCUT2D eigenvalue weighted by Gasteiger charge is -2.32. The zero-order valence-electron chi connectivity index (χ0n) is 12.6. The molecule has 0 radical (unpaired) electrons. The third-order valence-corrected chi connectivity index (χ3v) is 3.84. The van der Waals surface area contributed by atoms with Crippen LogP contribution >= 0.6 is 0 Å². The van der Waals surface area contributed by atoms with Gasteiger partial charge in [0.2, 0.25) is 0 Å². The minimum atomic E-state index is -0.215. The van der Waals surface area contributed by atoms with Gasteiger partial charge in [-0.3, -0.25) is 0 Å². The zero-order chi connectivity index (χ0) is 13.4. The summed E-state index contributed by atoms with van der Waals surface area (Å²) < 4.78 is 6.12. The fraction of sp³-hybridized carbons (Fsp3) is 1.00. The van der Waals surface area contributed by atoms with E-state index in [9.17, 15) is 0 Å². The molecule has 1 aliphatic rings. The van der Waals surface area contributed by atoms with E-state index in [0.29, 0.717) is 11.8 Å². The highest BCUT2D eigenvalue weighted by Gasteiger charge is 2.52. The second-order valence-corrected chi connectivity index (χ2v) is 7.06. The molecule has 0 spiro atoms. The van der Waals surface area contributed by atoms with Gasteiger partial charge in [0.05, 0.1) is 11.2 Å². The van der Waals surface area contributed by atoms with Gasteiger partial charge < -0.3 is 15.4 Å². The maximum absolute atomic E-state index is 6.36. The summed E-state index contributed by atoms with van der Waals surface area (Å²) in [4.78, 5) is 2.38. The molecule has 0 aromatic carbocycles. The number of rotatable bonds is 4. The van der Waals surface area contributed by atoms with Crippen molar-refractivity contribution < 1.29 is 4.74 Å². The van der Waals surface area contributed by atoms with Crippen molar-refractivity contribution in [2.45, 2.75) is 58.8 Å². The predicted octanol–water partition coefficient (Wildman–Crippen LogP) is 2.11. The van der Waals surface area contributed by atoms with E-state index in [-0.39, 0.29) is 17.2 Å². The Balaban J connectivity index is 2.69. The van der Waals surface area contributed by atoms with Crippen LogP contribution in [0.15, 0.2) is 0 Å². The minimum Gasteiger partial charge on any atom is -0.368 e. The summed E-state index contributed by atoms with van der Waals surface area (Å²) in [5.74, 6) is 1.08. The van der Waals surface area contributed by atoms with Crippen LogP contribution in [0.2, 0.25) is 0 Å². The average Bonchev–Trinajstić information content (AvgIpc) is 2.22. The molecule has 1 rings (SSSR count). The predicted molar refractivity (Wildman–Crippen MR) is 73.0 cm³/mol. The molecule has 0 aromatic rings. The molecule has 2 atom stereocenters. The van der Waals surface area contributed by atoms with Crippen LogP contribution < -0.4 is 5.73 Å². The van der Waals surface area contributed by atoms with Gasteiger partial charge in [-0.1, -0.05) is 13.8 Å². The van der Waals surface area contributed by atoms with Gasteiger partial charge in [-0.25, -0.2) is 0 Å². The Hall–Kier alpha value is -0.120. The summed E-state index contributed by atoms with van der Waals surface area (Å²) in [5.41, 5.74) is 6.01. The van der Waals surface area contributed by atoms with Gasteiger partial charge in [-0.15, -0.1) is 0 Å². The molecule has 0 aliphatic carbocycles. The number of nitrogens with zero attached hydrogens (tertiary/aromatic N) is 1. The Morgan fingerprint density at radius 2 is 1.71 bits per heavy atom. The molecule has 1 fully saturated rings. The molecule has 0 amide bonds. The van der Waals surface area contributed by atoms with Crippen molar-refractivity contribution >= 4 is 0 Å². The van der Waals surface area contributed by atoms with Crippen LogP contribution in [0.1, 0.15) is 41.5 Å². The molecule has 1 heterocycles. The normalized spacial score (nSPS) is 31.4.